The Labute approximate surface area is 148 Å². The molecule has 0 aliphatic rings. The zero-order chi connectivity index (χ0) is 17.1. The smallest absolute Gasteiger partial charge is 0.230 e. The molecule has 1 amide bonds. The maximum absolute atomic E-state index is 13.5. The quantitative estimate of drug-likeness (QED) is 0.702. The van der Waals surface area contributed by atoms with Crippen LogP contribution in [0.2, 0.25) is 5.02 Å². The minimum absolute atomic E-state index is 0.171. The van der Waals surface area contributed by atoms with Gasteiger partial charge in [-0.3, -0.25) is 4.79 Å². The lowest BCUT2D eigenvalue weighted by atomic mass is 10.2. The van der Waals surface area contributed by atoms with E-state index in [0.717, 1.165) is 16.2 Å². The van der Waals surface area contributed by atoms with Gasteiger partial charge in [-0.1, -0.05) is 41.6 Å². The zero-order valence-corrected chi connectivity index (χ0v) is 14.5. The molecule has 7 heteroatoms. The van der Waals surface area contributed by atoms with Crippen LogP contribution in [0.4, 0.5) is 4.39 Å². The fourth-order valence-electron chi connectivity index (χ4n) is 2.30. The summed E-state index contributed by atoms with van der Waals surface area (Å²) in [6, 6.07) is 11.9. The number of benzene rings is 2. The third-order valence-electron chi connectivity index (χ3n) is 3.57. The van der Waals surface area contributed by atoms with Crippen molar-refractivity contribution in [2.75, 3.05) is 5.75 Å². The van der Waals surface area contributed by atoms with E-state index in [0.29, 0.717) is 10.6 Å². The number of halogens is 2. The summed E-state index contributed by atoms with van der Waals surface area (Å²) in [6.07, 6.45) is 0. The highest BCUT2D eigenvalue weighted by Gasteiger charge is 2.11. The summed E-state index contributed by atoms with van der Waals surface area (Å²) in [4.78, 5) is 16.4. The van der Waals surface area contributed by atoms with E-state index in [1.54, 1.807) is 30.3 Å². The second-order valence-corrected chi connectivity index (χ2v) is 6.62. The van der Waals surface area contributed by atoms with Crippen LogP contribution in [0, 0.1) is 5.82 Å². The number of nitrogens with zero attached hydrogens (tertiary/aromatic N) is 2. The third kappa shape index (κ3) is 3.71. The van der Waals surface area contributed by atoms with E-state index >= 15 is 0 Å². The molecule has 1 aromatic heterocycles. The SMILES string of the molecule is Cn1c(SCC(=O)NCc2ccccc2F)nc2cc(Cl)ccc21. The van der Waals surface area contributed by atoms with Gasteiger partial charge in [-0.05, 0) is 24.3 Å². The molecule has 3 rings (SSSR count). The number of hydrogen-bond donors (Lipinski definition) is 1. The van der Waals surface area contributed by atoms with E-state index in [1.807, 2.05) is 17.7 Å². The third-order valence-corrected chi connectivity index (χ3v) is 4.83. The van der Waals surface area contributed by atoms with Gasteiger partial charge in [0, 0.05) is 24.2 Å². The molecule has 0 fully saturated rings. The first-order chi connectivity index (χ1) is 11.5. The summed E-state index contributed by atoms with van der Waals surface area (Å²) in [5, 5.41) is 4.07. The van der Waals surface area contributed by atoms with Crippen LogP contribution < -0.4 is 5.32 Å². The van der Waals surface area contributed by atoms with Crippen molar-refractivity contribution in [3.63, 3.8) is 0 Å². The van der Waals surface area contributed by atoms with Gasteiger partial charge in [-0.25, -0.2) is 9.37 Å². The Morgan fingerprint density at radius 3 is 2.92 bits per heavy atom. The van der Waals surface area contributed by atoms with Gasteiger partial charge in [0.05, 0.1) is 16.8 Å². The number of amides is 1. The van der Waals surface area contributed by atoms with Crippen LogP contribution in [0.25, 0.3) is 11.0 Å². The monoisotopic (exact) mass is 363 g/mol. The minimum atomic E-state index is -0.322. The highest BCUT2D eigenvalue weighted by molar-refractivity contribution is 7.99. The van der Waals surface area contributed by atoms with E-state index in [1.165, 1.54) is 17.8 Å². The predicted molar refractivity (Wildman–Crippen MR) is 94.7 cm³/mol. The molecule has 0 aliphatic heterocycles. The Kier molecular flexibility index (Phi) is 5.06. The van der Waals surface area contributed by atoms with Crippen LogP contribution in [0.1, 0.15) is 5.56 Å². The molecule has 0 unspecified atom stereocenters. The summed E-state index contributed by atoms with van der Waals surface area (Å²) in [5.74, 6) is -0.287. The normalized spacial score (nSPS) is 11.0. The van der Waals surface area contributed by atoms with Crippen molar-refractivity contribution >= 4 is 40.3 Å². The van der Waals surface area contributed by atoms with Crippen molar-refractivity contribution in [2.45, 2.75) is 11.7 Å². The van der Waals surface area contributed by atoms with E-state index in [4.69, 9.17) is 11.6 Å². The number of aryl methyl sites for hydroxylation is 1. The van der Waals surface area contributed by atoms with Gasteiger partial charge in [-0.15, -0.1) is 0 Å². The minimum Gasteiger partial charge on any atom is -0.351 e. The molecule has 0 saturated heterocycles. The molecular weight excluding hydrogens is 349 g/mol. The molecule has 1 N–H and O–H groups in total. The van der Waals surface area contributed by atoms with Crippen LogP contribution in [-0.4, -0.2) is 21.2 Å². The Hall–Kier alpha value is -2.05. The summed E-state index contributed by atoms with van der Waals surface area (Å²) in [7, 11) is 1.89. The molecular formula is C17H15ClFN3OS. The lowest BCUT2D eigenvalue weighted by molar-refractivity contribution is -0.118. The number of rotatable bonds is 5. The average Bonchev–Trinajstić information content (AvgIpc) is 2.87. The van der Waals surface area contributed by atoms with Gasteiger partial charge >= 0.3 is 0 Å². The van der Waals surface area contributed by atoms with Gasteiger partial charge in [0.2, 0.25) is 5.91 Å². The van der Waals surface area contributed by atoms with Crippen molar-refractivity contribution in [2.24, 2.45) is 7.05 Å². The van der Waals surface area contributed by atoms with Gasteiger partial charge in [0.1, 0.15) is 5.82 Å². The molecule has 0 aliphatic carbocycles. The van der Waals surface area contributed by atoms with Crippen LogP contribution in [0.15, 0.2) is 47.6 Å². The number of nitrogens with one attached hydrogen (secondary N) is 1. The number of fused-ring (bicyclic) bond motifs is 1. The fourth-order valence-corrected chi connectivity index (χ4v) is 3.28. The number of thioether (sulfide) groups is 1. The molecule has 0 atom stereocenters. The number of carbonyl (C=O) groups excluding carboxylic acids is 1. The van der Waals surface area contributed by atoms with Crippen molar-refractivity contribution < 1.29 is 9.18 Å². The van der Waals surface area contributed by atoms with E-state index in [-0.39, 0.29) is 24.0 Å². The predicted octanol–water partition coefficient (Wildman–Crippen LogP) is 3.77. The molecule has 0 spiro atoms. The van der Waals surface area contributed by atoms with E-state index in [2.05, 4.69) is 10.3 Å². The Balaban J connectivity index is 1.60. The Morgan fingerprint density at radius 2 is 2.12 bits per heavy atom. The molecule has 124 valence electrons. The topological polar surface area (TPSA) is 46.9 Å². The largest absolute Gasteiger partial charge is 0.351 e. The summed E-state index contributed by atoms with van der Waals surface area (Å²) in [5.41, 5.74) is 2.21. The van der Waals surface area contributed by atoms with Gasteiger partial charge in [-0.2, -0.15) is 0 Å². The van der Waals surface area contributed by atoms with Crippen LogP contribution in [0.3, 0.4) is 0 Å². The first-order valence-electron chi connectivity index (χ1n) is 7.29. The van der Waals surface area contributed by atoms with E-state index in [9.17, 15) is 9.18 Å². The van der Waals surface area contributed by atoms with Crippen molar-refractivity contribution in [1.29, 1.82) is 0 Å². The van der Waals surface area contributed by atoms with E-state index < -0.39 is 0 Å². The molecule has 24 heavy (non-hydrogen) atoms. The lowest BCUT2D eigenvalue weighted by Crippen LogP contribution is -2.25. The maximum Gasteiger partial charge on any atom is 0.230 e. The second-order valence-electron chi connectivity index (χ2n) is 5.24. The van der Waals surface area contributed by atoms with Gasteiger partial charge in [0.25, 0.3) is 0 Å². The lowest BCUT2D eigenvalue weighted by Gasteiger charge is -2.06. The molecule has 2 aromatic carbocycles. The second kappa shape index (κ2) is 7.23. The Morgan fingerprint density at radius 1 is 1.33 bits per heavy atom. The maximum atomic E-state index is 13.5. The van der Waals surface area contributed by atoms with Gasteiger partial charge < -0.3 is 9.88 Å². The molecule has 0 radical (unpaired) electrons. The fraction of sp³-hybridized carbons (Fsp3) is 0.176. The summed E-state index contributed by atoms with van der Waals surface area (Å²) < 4.78 is 15.4. The summed E-state index contributed by atoms with van der Waals surface area (Å²) in [6.45, 7) is 0.171. The molecule has 1 heterocycles. The van der Waals surface area contributed by atoms with Crippen molar-refractivity contribution in [1.82, 2.24) is 14.9 Å². The Bertz CT molecular complexity index is 897. The number of hydrogen-bond acceptors (Lipinski definition) is 3. The first-order valence-corrected chi connectivity index (χ1v) is 8.66. The molecule has 3 aromatic rings. The molecule has 0 bridgehead atoms. The van der Waals surface area contributed by atoms with Crippen LogP contribution in [0.5, 0.6) is 0 Å². The standard InChI is InChI=1S/C17H15ClFN3OS/c1-22-15-7-6-12(18)8-14(15)21-17(22)24-10-16(23)20-9-11-4-2-3-5-13(11)19/h2-8H,9-10H2,1H3,(H,20,23). The van der Waals surface area contributed by atoms with Crippen LogP contribution >= 0.6 is 23.4 Å². The highest BCUT2D eigenvalue weighted by Crippen LogP contribution is 2.24. The zero-order valence-electron chi connectivity index (χ0n) is 12.9. The number of carbonyl (C=O) groups is 1. The van der Waals surface area contributed by atoms with Crippen LogP contribution in [-0.2, 0) is 18.4 Å². The van der Waals surface area contributed by atoms with Crippen molar-refractivity contribution in [3.05, 3.63) is 58.9 Å². The molecule has 4 nitrogen and oxygen atoms in total. The van der Waals surface area contributed by atoms with Crippen molar-refractivity contribution in [3.8, 4) is 0 Å². The first kappa shape index (κ1) is 16.8. The van der Waals surface area contributed by atoms with Gasteiger partial charge in [0.15, 0.2) is 5.16 Å². The summed E-state index contributed by atoms with van der Waals surface area (Å²) >= 11 is 7.30. The molecule has 0 saturated carbocycles. The average molecular weight is 364 g/mol. The highest BCUT2D eigenvalue weighted by atomic mass is 35.5. The number of imidazole rings is 1. The number of aromatic nitrogens is 2.